The zero-order valence-electron chi connectivity index (χ0n) is 14.9. The largest absolute Gasteiger partial charge is 0.497 e. The van der Waals surface area contributed by atoms with Crippen molar-refractivity contribution in [1.82, 2.24) is 10.6 Å². The summed E-state index contributed by atoms with van der Waals surface area (Å²) >= 11 is 1.67. The fraction of sp³-hybridized carbons (Fsp3) is 0.400. The topological polar surface area (TPSA) is 67.4 Å². The van der Waals surface area contributed by atoms with Crippen molar-refractivity contribution in [3.63, 3.8) is 0 Å². The van der Waals surface area contributed by atoms with Crippen molar-refractivity contribution in [2.24, 2.45) is 0 Å². The highest BCUT2D eigenvalue weighted by molar-refractivity contribution is 7.08. The number of benzene rings is 1. The third kappa shape index (κ3) is 4.25. The van der Waals surface area contributed by atoms with Crippen LogP contribution in [0.3, 0.4) is 0 Å². The molecule has 26 heavy (non-hydrogen) atoms. The fourth-order valence-electron chi connectivity index (χ4n) is 3.52. The second kappa shape index (κ2) is 8.36. The number of carbonyl (C=O) groups excluding carboxylic acids is 2. The third-order valence-corrected chi connectivity index (χ3v) is 5.78. The van der Waals surface area contributed by atoms with E-state index in [0.29, 0.717) is 13.1 Å². The molecule has 2 amide bonds. The summed E-state index contributed by atoms with van der Waals surface area (Å²) in [6.45, 7) is 0.824. The van der Waals surface area contributed by atoms with Gasteiger partial charge in [0, 0.05) is 18.5 Å². The summed E-state index contributed by atoms with van der Waals surface area (Å²) < 4.78 is 5.10. The van der Waals surface area contributed by atoms with Crippen molar-refractivity contribution < 1.29 is 14.3 Å². The van der Waals surface area contributed by atoms with E-state index in [0.717, 1.165) is 37.0 Å². The molecule has 0 bridgehead atoms. The minimum absolute atomic E-state index is 0.0219. The third-order valence-electron chi connectivity index (χ3n) is 5.10. The van der Waals surface area contributed by atoms with Gasteiger partial charge in [-0.15, -0.1) is 0 Å². The number of methoxy groups -OCH3 is 1. The number of ether oxygens (including phenoxy) is 1. The molecule has 0 saturated heterocycles. The van der Waals surface area contributed by atoms with Gasteiger partial charge in [0.05, 0.1) is 7.11 Å². The Balaban J connectivity index is 1.51. The Hall–Kier alpha value is -2.34. The van der Waals surface area contributed by atoms with Crippen molar-refractivity contribution in [2.75, 3.05) is 13.7 Å². The number of rotatable bonds is 6. The van der Waals surface area contributed by atoms with Crippen LogP contribution < -0.4 is 15.4 Å². The molecule has 0 radical (unpaired) electrons. The van der Waals surface area contributed by atoms with Gasteiger partial charge in [-0.2, -0.15) is 11.3 Å². The van der Waals surface area contributed by atoms with Crippen molar-refractivity contribution >= 4 is 23.2 Å². The number of nitrogens with one attached hydrogen (secondary N) is 2. The predicted octanol–water partition coefficient (Wildman–Crippen LogP) is 3.00. The molecule has 1 aliphatic rings. The van der Waals surface area contributed by atoms with E-state index in [4.69, 9.17) is 4.74 Å². The molecule has 138 valence electrons. The van der Waals surface area contributed by atoms with Gasteiger partial charge < -0.3 is 15.4 Å². The lowest BCUT2D eigenvalue weighted by Crippen LogP contribution is -2.45. The van der Waals surface area contributed by atoms with Crippen molar-refractivity contribution in [3.8, 4) is 5.75 Å². The summed E-state index contributed by atoms with van der Waals surface area (Å²) in [7, 11) is 1.61. The normalized spacial score (nSPS) is 15.4. The van der Waals surface area contributed by atoms with Crippen LogP contribution in [0.4, 0.5) is 0 Å². The smallest absolute Gasteiger partial charge is 0.309 e. The molecule has 0 spiro atoms. The monoisotopic (exact) mass is 372 g/mol. The standard InChI is InChI=1S/C20H24N2O3S/c1-25-17-6-4-15(5-7-17)12-21-18(23)19(24)22-14-20(9-2-3-10-20)16-8-11-26-13-16/h4-8,11,13H,2-3,9-10,12,14H2,1H3,(H,21,23)(H,22,24). The van der Waals surface area contributed by atoms with Crippen LogP contribution in [0, 0.1) is 0 Å². The van der Waals surface area contributed by atoms with Crippen LogP contribution in [0.15, 0.2) is 41.1 Å². The van der Waals surface area contributed by atoms with Gasteiger partial charge in [-0.1, -0.05) is 25.0 Å². The maximum absolute atomic E-state index is 12.2. The van der Waals surface area contributed by atoms with Gasteiger partial charge in [0.15, 0.2) is 0 Å². The average Bonchev–Trinajstić information content (AvgIpc) is 3.37. The maximum Gasteiger partial charge on any atom is 0.309 e. The van der Waals surface area contributed by atoms with E-state index in [2.05, 4.69) is 27.5 Å². The first kappa shape index (κ1) is 18.5. The quantitative estimate of drug-likeness (QED) is 0.766. The second-order valence-corrected chi connectivity index (χ2v) is 7.49. The van der Waals surface area contributed by atoms with E-state index in [-0.39, 0.29) is 5.41 Å². The molecule has 0 aliphatic heterocycles. The summed E-state index contributed by atoms with van der Waals surface area (Å²) in [6, 6.07) is 9.51. The highest BCUT2D eigenvalue weighted by atomic mass is 32.1. The van der Waals surface area contributed by atoms with Crippen molar-refractivity contribution in [1.29, 1.82) is 0 Å². The van der Waals surface area contributed by atoms with Gasteiger partial charge in [0.25, 0.3) is 0 Å². The average molecular weight is 372 g/mol. The van der Waals surface area contributed by atoms with E-state index in [1.165, 1.54) is 5.56 Å². The van der Waals surface area contributed by atoms with Crippen LogP contribution in [0.25, 0.3) is 0 Å². The van der Waals surface area contributed by atoms with Crippen LogP contribution in [-0.4, -0.2) is 25.5 Å². The zero-order chi connectivity index (χ0) is 18.4. The first-order chi connectivity index (χ1) is 12.6. The summed E-state index contributed by atoms with van der Waals surface area (Å²) in [6.07, 6.45) is 4.43. The Morgan fingerprint density at radius 1 is 1.08 bits per heavy atom. The van der Waals surface area contributed by atoms with Gasteiger partial charge in [-0.05, 0) is 52.9 Å². The van der Waals surface area contributed by atoms with Crippen LogP contribution in [-0.2, 0) is 21.5 Å². The lowest BCUT2D eigenvalue weighted by atomic mass is 9.80. The minimum Gasteiger partial charge on any atom is -0.497 e. The number of hydrogen-bond acceptors (Lipinski definition) is 4. The van der Waals surface area contributed by atoms with Crippen LogP contribution in [0.5, 0.6) is 5.75 Å². The molecule has 1 aromatic carbocycles. The van der Waals surface area contributed by atoms with Gasteiger partial charge in [0.1, 0.15) is 5.75 Å². The molecule has 3 rings (SSSR count). The van der Waals surface area contributed by atoms with E-state index < -0.39 is 11.8 Å². The number of hydrogen-bond donors (Lipinski definition) is 2. The Bertz CT molecular complexity index is 735. The lowest BCUT2D eigenvalue weighted by molar-refractivity contribution is -0.139. The van der Waals surface area contributed by atoms with Gasteiger partial charge in [-0.25, -0.2) is 0 Å². The summed E-state index contributed by atoms with van der Waals surface area (Å²) in [5, 5.41) is 9.73. The molecule has 1 fully saturated rings. The molecule has 5 nitrogen and oxygen atoms in total. The Morgan fingerprint density at radius 2 is 1.77 bits per heavy atom. The molecule has 1 heterocycles. The van der Waals surface area contributed by atoms with E-state index in [9.17, 15) is 9.59 Å². The first-order valence-electron chi connectivity index (χ1n) is 8.85. The fourth-order valence-corrected chi connectivity index (χ4v) is 4.30. The lowest BCUT2D eigenvalue weighted by Gasteiger charge is -2.28. The van der Waals surface area contributed by atoms with Crippen LogP contribution >= 0.6 is 11.3 Å². The first-order valence-corrected chi connectivity index (χ1v) is 9.79. The summed E-state index contributed by atoms with van der Waals surface area (Å²) in [5.41, 5.74) is 2.17. The van der Waals surface area contributed by atoms with Crippen LogP contribution in [0.2, 0.25) is 0 Å². The predicted molar refractivity (Wildman–Crippen MR) is 102 cm³/mol. The van der Waals surface area contributed by atoms with Gasteiger partial charge in [0.2, 0.25) is 0 Å². The molecule has 0 atom stereocenters. The Kier molecular flexibility index (Phi) is 5.93. The SMILES string of the molecule is COc1ccc(CNC(=O)C(=O)NCC2(c3ccsc3)CCCC2)cc1. The molecule has 6 heteroatoms. The molecule has 1 saturated carbocycles. The maximum atomic E-state index is 12.2. The number of thiophene rings is 1. The molecule has 2 aromatic rings. The molecule has 1 aliphatic carbocycles. The van der Waals surface area contributed by atoms with Gasteiger partial charge >= 0.3 is 11.8 Å². The van der Waals surface area contributed by atoms with E-state index in [1.54, 1.807) is 18.4 Å². The molecular weight excluding hydrogens is 348 g/mol. The highest BCUT2D eigenvalue weighted by Gasteiger charge is 2.36. The van der Waals surface area contributed by atoms with Crippen molar-refractivity contribution in [3.05, 3.63) is 52.2 Å². The van der Waals surface area contributed by atoms with Crippen molar-refractivity contribution in [2.45, 2.75) is 37.6 Å². The van der Waals surface area contributed by atoms with Crippen LogP contribution in [0.1, 0.15) is 36.8 Å². The van der Waals surface area contributed by atoms with E-state index in [1.807, 2.05) is 24.3 Å². The minimum atomic E-state index is -0.598. The summed E-state index contributed by atoms with van der Waals surface area (Å²) in [5.74, 6) is -0.410. The Morgan fingerprint density at radius 3 is 2.38 bits per heavy atom. The highest BCUT2D eigenvalue weighted by Crippen LogP contribution is 2.41. The molecule has 0 unspecified atom stereocenters. The number of amides is 2. The second-order valence-electron chi connectivity index (χ2n) is 6.71. The summed E-state index contributed by atoms with van der Waals surface area (Å²) in [4.78, 5) is 24.3. The Labute approximate surface area is 157 Å². The molecule has 2 N–H and O–H groups in total. The molecular formula is C20H24N2O3S. The zero-order valence-corrected chi connectivity index (χ0v) is 15.7. The van der Waals surface area contributed by atoms with E-state index >= 15 is 0 Å². The number of carbonyl (C=O) groups is 2. The van der Waals surface area contributed by atoms with Gasteiger partial charge in [-0.3, -0.25) is 9.59 Å². The molecule has 1 aromatic heterocycles.